The fourth-order valence-corrected chi connectivity index (χ4v) is 4.73. The number of rotatable bonds is 6. The van der Waals surface area contributed by atoms with Crippen LogP contribution >= 0.6 is 0 Å². The average Bonchev–Trinajstić information content (AvgIpc) is 2.71. The predicted octanol–water partition coefficient (Wildman–Crippen LogP) is 5.00. The first-order chi connectivity index (χ1) is 14.2. The second kappa shape index (κ2) is 10.5. The summed E-state index contributed by atoms with van der Waals surface area (Å²) in [6, 6.07) is 5.67. The highest BCUT2D eigenvalue weighted by atomic mass is 19.4. The van der Waals surface area contributed by atoms with Gasteiger partial charge in [-0.1, -0.05) is 26.0 Å². The van der Waals surface area contributed by atoms with Gasteiger partial charge in [0.1, 0.15) is 5.75 Å². The molecule has 30 heavy (non-hydrogen) atoms. The molecule has 7 heteroatoms. The Morgan fingerprint density at radius 3 is 2.47 bits per heavy atom. The third-order valence-electron chi connectivity index (χ3n) is 6.36. The maximum atomic E-state index is 13.7. The van der Waals surface area contributed by atoms with Crippen molar-refractivity contribution in [1.29, 1.82) is 0 Å². The van der Waals surface area contributed by atoms with Crippen LogP contribution in [0, 0.1) is 11.3 Å². The van der Waals surface area contributed by atoms with E-state index in [0.717, 1.165) is 32.4 Å². The number of hydrogen-bond acceptors (Lipinski definition) is 3. The highest BCUT2D eigenvalue weighted by Crippen LogP contribution is 2.52. The molecule has 1 aliphatic carbocycles. The van der Waals surface area contributed by atoms with Crippen LogP contribution in [0.15, 0.2) is 24.3 Å². The SMILES string of the molecule is CC.COc1cccc(C(C(=O)N(C)CCC2CC3(CCNCC3)C2)C(F)(F)F)c1. The minimum atomic E-state index is -4.65. The molecule has 2 aliphatic rings. The Morgan fingerprint density at radius 2 is 1.90 bits per heavy atom. The van der Waals surface area contributed by atoms with E-state index in [1.54, 1.807) is 6.07 Å². The van der Waals surface area contributed by atoms with Crippen LogP contribution in [0.3, 0.4) is 0 Å². The van der Waals surface area contributed by atoms with E-state index in [0.29, 0.717) is 23.6 Å². The van der Waals surface area contributed by atoms with E-state index in [1.165, 1.54) is 50.1 Å². The van der Waals surface area contributed by atoms with E-state index in [2.05, 4.69) is 5.32 Å². The summed E-state index contributed by atoms with van der Waals surface area (Å²) in [5, 5.41) is 3.37. The van der Waals surface area contributed by atoms with Crippen molar-refractivity contribution in [3.05, 3.63) is 29.8 Å². The minimum Gasteiger partial charge on any atom is -0.497 e. The maximum absolute atomic E-state index is 13.7. The number of carbonyl (C=O) groups is 1. The Balaban J connectivity index is 0.00000155. The van der Waals surface area contributed by atoms with Crippen molar-refractivity contribution in [3.8, 4) is 5.75 Å². The second-order valence-corrected chi connectivity index (χ2v) is 8.32. The first-order valence-corrected chi connectivity index (χ1v) is 10.9. The monoisotopic (exact) mass is 428 g/mol. The number of benzene rings is 1. The van der Waals surface area contributed by atoms with Crippen molar-refractivity contribution < 1.29 is 22.7 Å². The first kappa shape index (κ1) is 24.5. The quantitative estimate of drug-likeness (QED) is 0.694. The Kier molecular flexibility index (Phi) is 8.59. The van der Waals surface area contributed by atoms with E-state index in [9.17, 15) is 18.0 Å². The van der Waals surface area contributed by atoms with Crippen LogP contribution in [0.25, 0.3) is 0 Å². The van der Waals surface area contributed by atoms with E-state index in [4.69, 9.17) is 4.74 Å². The highest BCUT2D eigenvalue weighted by Gasteiger charge is 2.48. The summed E-state index contributed by atoms with van der Waals surface area (Å²) in [4.78, 5) is 13.9. The van der Waals surface area contributed by atoms with Gasteiger partial charge < -0.3 is 15.0 Å². The number of amides is 1. The molecule has 0 radical (unpaired) electrons. The van der Waals surface area contributed by atoms with Gasteiger partial charge in [0.2, 0.25) is 5.91 Å². The molecular formula is C23H35F3N2O2. The average molecular weight is 429 g/mol. The molecule has 170 valence electrons. The maximum Gasteiger partial charge on any atom is 0.404 e. The van der Waals surface area contributed by atoms with Gasteiger partial charge >= 0.3 is 6.18 Å². The fraction of sp³-hybridized carbons (Fsp3) is 0.696. The van der Waals surface area contributed by atoms with E-state index >= 15 is 0 Å². The number of likely N-dealkylation sites (N-methyl/N-ethyl adjacent to an activating group) is 1. The molecule has 0 aromatic heterocycles. The number of nitrogens with zero attached hydrogens (tertiary/aromatic N) is 1. The van der Waals surface area contributed by atoms with Crippen LogP contribution < -0.4 is 10.1 Å². The van der Waals surface area contributed by atoms with Crippen molar-refractivity contribution in [1.82, 2.24) is 10.2 Å². The molecule has 1 aromatic rings. The van der Waals surface area contributed by atoms with Gasteiger partial charge in [-0.3, -0.25) is 4.79 Å². The topological polar surface area (TPSA) is 41.6 Å². The zero-order valence-electron chi connectivity index (χ0n) is 18.5. The molecule has 1 unspecified atom stereocenters. The lowest BCUT2D eigenvalue weighted by Gasteiger charge is -2.51. The summed E-state index contributed by atoms with van der Waals surface area (Å²) >= 11 is 0. The number of halogens is 3. The normalized spacial score (nSPS) is 19.3. The minimum absolute atomic E-state index is 0.0824. The van der Waals surface area contributed by atoms with Crippen molar-refractivity contribution in [3.63, 3.8) is 0 Å². The number of piperidine rings is 1. The van der Waals surface area contributed by atoms with Crippen molar-refractivity contribution >= 4 is 5.91 Å². The molecular weight excluding hydrogens is 393 g/mol. The zero-order chi connectivity index (χ0) is 22.4. The number of hydrogen-bond donors (Lipinski definition) is 1. The van der Waals surface area contributed by atoms with Crippen LogP contribution in [0.5, 0.6) is 5.75 Å². The standard InChI is InChI=1S/C21H29F3N2O2.C2H6/c1-26(11-6-15-13-20(14-15)7-9-25-10-8-20)19(27)18(21(22,23)24)16-4-3-5-17(12-16)28-2;1-2/h3-5,12,15,18,25H,6-11,13-14H2,1-2H3;1-2H3. The van der Waals surface area contributed by atoms with Crippen LogP contribution in [-0.4, -0.2) is 50.8 Å². The second-order valence-electron chi connectivity index (χ2n) is 8.32. The Hall–Kier alpha value is -1.76. The fourth-order valence-electron chi connectivity index (χ4n) is 4.73. The molecule has 4 nitrogen and oxygen atoms in total. The van der Waals surface area contributed by atoms with Crippen LogP contribution in [-0.2, 0) is 4.79 Å². The lowest BCUT2D eigenvalue weighted by molar-refractivity contribution is -0.171. The smallest absolute Gasteiger partial charge is 0.404 e. The van der Waals surface area contributed by atoms with Gasteiger partial charge in [-0.15, -0.1) is 0 Å². The predicted molar refractivity (Wildman–Crippen MR) is 113 cm³/mol. The van der Waals surface area contributed by atoms with Crippen molar-refractivity contribution in [2.45, 2.75) is 58.0 Å². The molecule has 1 heterocycles. The number of methoxy groups -OCH3 is 1. The van der Waals surface area contributed by atoms with Crippen LogP contribution in [0.4, 0.5) is 13.2 Å². The number of nitrogens with one attached hydrogen (secondary N) is 1. The summed E-state index contributed by atoms with van der Waals surface area (Å²) in [5.74, 6) is -2.25. The molecule has 2 fully saturated rings. The number of ether oxygens (including phenoxy) is 1. The van der Waals surface area contributed by atoms with Gasteiger partial charge in [0.05, 0.1) is 7.11 Å². The summed E-state index contributed by atoms with van der Waals surface area (Å²) in [7, 11) is 2.86. The summed E-state index contributed by atoms with van der Waals surface area (Å²) in [6.07, 6.45) is 0.756. The summed E-state index contributed by atoms with van der Waals surface area (Å²) in [5.41, 5.74) is 0.356. The summed E-state index contributed by atoms with van der Waals surface area (Å²) < 4.78 is 46.0. The van der Waals surface area contributed by atoms with Gasteiger partial charge in [0, 0.05) is 13.6 Å². The molecule has 1 saturated carbocycles. The van der Waals surface area contributed by atoms with E-state index in [1.807, 2.05) is 13.8 Å². The Morgan fingerprint density at radius 1 is 1.27 bits per heavy atom. The molecule has 1 saturated heterocycles. The van der Waals surface area contributed by atoms with Gasteiger partial charge in [-0.25, -0.2) is 0 Å². The Labute approximate surface area is 178 Å². The first-order valence-electron chi connectivity index (χ1n) is 10.9. The molecule has 1 aliphatic heterocycles. The van der Waals surface area contributed by atoms with E-state index in [-0.39, 0.29) is 5.56 Å². The largest absolute Gasteiger partial charge is 0.497 e. The lowest BCUT2D eigenvalue weighted by atomic mass is 9.57. The lowest BCUT2D eigenvalue weighted by Crippen LogP contribution is -2.46. The summed E-state index contributed by atoms with van der Waals surface area (Å²) in [6.45, 7) is 6.46. The zero-order valence-corrected chi connectivity index (χ0v) is 18.5. The molecule has 0 bridgehead atoms. The van der Waals surface area contributed by atoms with Crippen molar-refractivity contribution in [2.75, 3.05) is 33.8 Å². The third-order valence-corrected chi connectivity index (χ3v) is 6.36. The van der Waals surface area contributed by atoms with Crippen molar-refractivity contribution in [2.24, 2.45) is 11.3 Å². The van der Waals surface area contributed by atoms with E-state index < -0.39 is 18.0 Å². The Bertz CT molecular complexity index is 679. The van der Waals surface area contributed by atoms with Gasteiger partial charge in [0.25, 0.3) is 0 Å². The van der Waals surface area contributed by atoms with Gasteiger partial charge in [-0.05, 0) is 74.2 Å². The van der Waals surface area contributed by atoms with Gasteiger partial charge in [0.15, 0.2) is 5.92 Å². The molecule has 3 rings (SSSR count). The molecule has 1 N–H and O–H groups in total. The number of carbonyl (C=O) groups excluding carboxylic acids is 1. The molecule has 1 aromatic carbocycles. The van der Waals surface area contributed by atoms with Crippen LogP contribution in [0.2, 0.25) is 0 Å². The van der Waals surface area contributed by atoms with Gasteiger partial charge in [-0.2, -0.15) is 13.2 Å². The number of alkyl halides is 3. The third kappa shape index (κ3) is 5.90. The molecule has 1 amide bonds. The van der Waals surface area contributed by atoms with Crippen LogP contribution in [0.1, 0.15) is 57.4 Å². The highest BCUT2D eigenvalue weighted by molar-refractivity contribution is 5.84. The molecule has 1 atom stereocenters. The molecule has 1 spiro atoms.